The monoisotopic (exact) mass is 382 g/mol. The summed E-state index contributed by atoms with van der Waals surface area (Å²) in [5, 5.41) is 2.62. The predicted octanol–water partition coefficient (Wildman–Crippen LogP) is 3.07. The van der Waals surface area contributed by atoms with E-state index in [0.717, 1.165) is 27.0 Å². The first-order valence-corrected chi connectivity index (χ1v) is 9.51. The smallest absolute Gasteiger partial charge is 0.137 e. The first-order valence-electron chi connectivity index (χ1n) is 9.51. The van der Waals surface area contributed by atoms with Crippen LogP contribution in [0.15, 0.2) is 89.0 Å². The van der Waals surface area contributed by atoms with Crippen LogP contribution in [-0.4, -0.2) is 16.9 Å². The van der Waals surface area contributed by atoms with Crippen LogP contribution >= 0.6 is 0 Å². The van der Waals surface area contributed by atoms with Crippen molar-refractivity contribution >= 4 is 22.3 Å². The number of nitrogens with one attached hydrogen (secondary N) is 1. The molecule has 5 rings (SSSR count). The molecule has 3 aromatic carbocycles. The number of nitrogens with two attached hydrogens (primary N) is 1. The zero-order valence-corrected chi connectivity index (χ0v) is 15.6. The molecule has 1 unspecified atom stereocenters. The van der Waals surface area contributed by atoms with Gasteiger partial charge in [-0.2, -0.15) is 0 Å². The average Bonchev–Trinajstić information content (AvgIpc) is 3.09. The van der Waals surface area contributed by atoms with Gasteiger partial charge < -0.3 is 10.7 Å². The lowest BCUT2D eigenvalue weighted by atomic mass is 10.0. The minimum absolute atomic E-state index is 0.317. The van der Waals surface area contributed by atoms with Crippen LogP contribution in [0, 0.1) is 5.82 Å². The number of benzene rings is 3. The molecule has 0 bridgehead atoms. The summed E-state index contributed by atoms with van der Waals surface area (Å²) in [6.07, 6.45) is 1.90. The molecule has 1 aliphatic rings. The second-order valence-electron chi connectivity index (χ2n) is 7.06. The molecule has 0 saturated carbocycles. The first-order chi connectivity index (χ1) is 14.2. The van der Waals surface area contributed by atoms with Gasteiger partial charge in [0.2, 0.25) is 0 Å². The lowest BCUT2D eigenvalue weighted by Crippen LogP contribution is -2.33. The van der Waals surface area contributed by atoms with Crippen molar-refractivity contribution in [2.45, 2.75) is 12.6 Å². The van der Waals surface area contributed by atoms with E-state index in [4.69, 9.17) is 10.7 Å². The highest BCUT2D eigenvalue weighted by Gasteiger charge is 2.19. The molecule has 1 aromatic heterocycles. The number of rotatable bonds is 3. The molecule has 3 N–H and O–H groups in total. The van der Waals surface area contributed by atoms with Crippen LogP contribution in [0.2, 0.25) is 0 Å². The number of para-hydroxylation sites is 2. The van der Waals surface area contributed by atoms with Crippen molar-refractivity contribution in [2.75, 3.05) is 0 Å². The second kappa shape index (κ2) is 7.11. The van der Waals surface area contributed by atoms with Crippen LogP contribution in [-0.2, 0) is 6.42 Å². The van der Waals surface area contributed by atoms with E-state index in [-0.39, 0.29) is 5.82 Å². The van der Waals surface area contributed by atoms with E-state index in [0.29, 0.717) is 23.4 Å². The van der Waals surface area contributed by atoms with Gasteiger partial charge in [0.15, 0.2) is 0 Å². The largest absolute Gasteiger partial charge is 0.361 e. The first kappa shape index (κ1) is 17.5. The molecule has 0 saturated heterocycles. The van der Waals surface area contributed by atoms with Gasteiger partial charge in [0.05, 0.1) is 16.8 Å². The Bertz CT molecular complexity index is 1370. The third kappa shape index (κ3) is 3.15. The van der Waals surface area contributed by atoms with Gasteiger partial charge in [0.1, 0.15) is 12.0 Å². The molecule has 0 spiro atoms. The maximum absolute atomic E-state index is 14.7. The topological polar surface area (TPSA) is 66.5 Å². The molecular weight excluding hydrogens is 363 g/mol. The van der Waals surface area contributed by atoms with Gasteiger partial charge in [0.25, 0.3) is 0 Å². The minimum Gasteiger partial charge on any atom is -0.361 e. The zero-order valence-electron chi connectivity index (χ0n) is 15.6. The molecule has 5 heteroatoms. The lowest BCUT2D eigenvalue weighted by Gasteiger charge is -2.11. The number of hydrogen-bond donors (Lipinski definition) is 2. The second-order valence-corrected chi connectivity index (χ2v) is 7.06. The standard InChI is InChI=1S/C24H19FN4/c25-19-10-4-1-8-17(19)23-18-9-3-6-12-21(18)29-24(26)22(28-23)13-15-14-27-20-11-5-2-7-16(15)20/h1-12,14,24,27H,13,26H2. The highest BCUT2D eigenvalue weighted by Crippen LogP contribution is 2.22. The Labute approximate surface area is 166 Å². The maximum Gasteiger partial charge on any atom is 0.137 e. The van der Waals surface area contributed by atoms with Gasteiger partial charge in [-0.15, -0.1) is 0 Å². The quantitative estimate of drug-likeness (QED) is 0.562. The van der Waals surface area contributed by atoms with E-state index in [2.05, 4.69) is 16.0 Å². The summed E-state index contributed by atoms with van der Waals surface area (Å²) in [7, 11) is 0. The molecule has 0 amide bonds. The molecule has 1 aliphatic heterocycles. The number of H-pyrrole nitrogens is 1. The fourth-order valence-electron chi connectivity index (χ4n) is 3.76. The Hall–Kier alpha value is -3.57. The van der Waals surface area contributed by atoms with E-state index in [1.165, 1.54) is 6.07 Å². The average molecular weight is 382 g/mol. The van der Waals surface area contributed by atoms with Gasteiger partial charge in [-0.1, -0.05) is 48.5 Å². The molecule has 4 nitrogen and oxygen atoms in total. The van der Waals surface area contributed by atoms with Crippen LogP contribution < -0.4 is 16.3 Å². The Morgan fingerprint density at radius 3 is 2.59 bits per heavy atom. The summed E-state index contributed by atoms with van der Waals surface area (Å²) >= 11 is 0. The summed E-state index contributed by atoms with van der Waals surface area (Å²) < 4.78 is 14.7. The Kier molecular flexibility index (Phi) is 4.30. The van der Waals surface area contributed by atoms with Crippen LogP contribution in [0.1, 0.15) is 11.1 Å². The third-order valence-electron chi connectivity index (χ3n) is 5.21. The molecule has 142 valence electrons. The van der Waals surface area contributed by atoms with Crippen molar-refractivity contribution in [1.29, 1.82) is 0 Å². The maximum atomic E-state index is 14.7. The number of halogens is 1. The van der Waals surface area contributed by atoms with Crippen LogP contribution in [0.4, 0.5) is 4.39 Å². The summed E-state index contributed by atoms with van der Waals surface area (Å²) in [5.41, 5.74) is 10.3. The van der Waals surface area contributed by atoms with Crippen LogP contribution in [0.3, 0.4) is 0 Å². The highest BCUT2D eigenvalue weighted by molar-refractivity contribution is 5.98. The summed E-state index contributed by atoms with van der Waals surface area (Å²) in [6.45, 7) is 0. The van der Waals surface area contributed by atoms with Gasteiger partial charge in [-0.25, -0.2) is 4.39 Å². The van der Waals surface area contributed by atoms with Crippen molar-refractivity contribution in [2.24, 2.45) is 15.7 Å². The van der Waals surface area contributed by atoms with Gasteiger partial charge in [-0.3, -0.25) is 9.98 Å². The summed E-state index contributed by atoms with van der Waals surface area (Å²) in [6, 6.07) is 22.4. The van der Waals surface area contributed by atoms with E-state index in [1.807, 2.05) is 54.7 Å². The van der Waals surface area contributed by atoms with E-state index in [1.54, 1.807) is 12.1 Å². The molecule has 4 aromatic rings. The Balaban J connectivity index is 1.71. The molecule has 0 fully saturated rings. The van der Waals surface area contributed by atoms with Crippen molar-refractivity contribution in [3.8, 4) is 0 Å². The number of nitrogens with zero attached hydrogens (tertiary/aromatic N) is 2. The number of aromatic nitrogens is 1. The number of aromatic amines is 1. The Morgan fingerprint density at radius 2 is 1.69 bits per heavy atom. The van der Waals surface area contributed by atoms with E-state index < -0.39 is 6.17 Å². The number of hydrogen-bond acceptors (Lipinski definition) is 3. The molecule has 1 atom stereocenters. The van der Waals surface area contributed by atoms with Crippen molar-refractivity contribution in [3.05, 3.63) is 107 Å². The van der Waals surface area contributed by atoms with Crippen LogP contribution in [0.25, 0.3) is 16.6 Å². The molecular formula is C24H19FN4. The van der Waals surface area contributed by atoms with Crippen molar-refractivity contribution < 1.29 is 4.39 Å². The number of fused-ring (bicyclic) bond motifs is 2. The molecule has 0 aliphatic carbocycles. The van der Waals surface area contributed by atoms with Gasteiger partial charge in [-0.05, 0) is 29.8 Å². The van der Waals surface area contributed by atoms with E-state index >= 15 is 0 Å². The summed E-state index contributed by atoms with van der Waals surface area (Å²) in [4.78, 5) is 12.8. The minimum atomic E-state index is -0.603. The van der Waals surface area contributed by atoms with Gasteiger partial charge in [0, 0.05) is 34.3 Å². The molecule has 29 heavy (non-hydrogen) atoms. The predicted molar refractivity (Wildman–Crippen MR) is 114 cm³/mol. The molecule has 0 radical (unpaired) electrons. The highest BCUT2D eigenvalue weighted by atomic mass is 19.1. The van der Waals surface area contributed by atoms with Gasteiger partial charge >= 0.3 is 0 Å². The van der Waals surface area contributed by atoms with Crippen molar-refractivity contribution in [3.63, 3.8) is 0 Å². The SMILES string of the molecule is NC1N=c2ccccc2=C(c2ccccc2F)N=C1Cc1c[nH]c2ccccc12. The van der Waals surface area contributed by atoms with E-state index in [9.17, 15) is 4.39 Å². The molecule has 2 heterocycles. The normalized spacial score (nSPS) is 16.1. The fraction of sp³-hybridized carbons (Fsp3) is 0.0833. The van der Waals surface area contributed by atoms with Crippen LogP contribution in [0.5, 0.6) is 0 Å². The lowest BCUT2D eigenvalue weighted by molar-refractivity contribution is 0.623. The third-order valence-corrected chi connectivity index (χ3v) is 5.21. The fourth-order valence-corrected chi connectivity index (χ4v) is 3.76. The summed E-state index contributed by atoms with van der Waals surface area (Å²) in [5.74, 6) is -0.317. The van der Waals surface area contributed by atoms with Crippen molar-refractivity contribution in [1.82, 2.24) is 4.98 Å². The number of aliphatic imine (C=N–C) groups is 1. The zero-order chi connectivity index (χ0) is 19.8. The Morgan fingerprint density at radius 1 is 0.931 bits per heavy atom.